The van der Waals surface area contributed by atoms with Crippen molar-refractivity contribution < 1.29 is 23.8 Å². The zero-order chi connectivity index (χ0) is 31.1. The molecule has 1 aromatic heterocycles. The number of nitrogens with zero attached hydrogens (tertiary/aromatic N) is 2. The van der Waals surface area contributed by atoms with Gasteiger partial charge in [0.2, 0.25) is 5.88 Å². The molecule has 2 aromatic carbocycles. The van der Waals surface area contributed by atoms with Gasteiger partial charge in [-0.1, -0.05) is 37.3 Å². The lowest BCUT2D eigenvalue weighted by atomic mass is 9.82. The highest BCUT2D eigenvalue weighted by Gasteiger charge is 2.39. The van der Waals surface area contributed by atoms with E-state index in [4.69, 9.17) is 9.47 Å². The molecule has 6 nitrogen and oxygen atoms in total. The fraction of sp³-hybridized carbons (Fsp3) is 0.500. The average Bonchev–Trinajstić information content (AvgIpc) is 3.80. The van der Waals surface area contributed by atoms with Crippen LogP contribution in [0.2, 0.25) is 0 Å². The summed E-state index contributed by atoms with van der Waals surface area (Å²) in [4.78, 5) is 18.4. The summed E-state index contributed by atoms with van der Waals surface area (Å²) < 4.78 is 27.2. The SMILES string of the molecule is COc1cc(-c2ccc(C3CCc4ccc([C@H](C5CC5)[C@H](C)C(=O)O)cc4O3)cc2CN(C(C)C)C(C)(C)C)c(F)cn1. The predicted octanol–water partition coefficient (Wildman–Crippen LogP) is 8.19. The topological polar surface area (TPSA) is 71.9 Å². The van der Waals surface area contributed by atoms with Crippen molar-refractivity contribution in [1.29, 1.82) is 0 Å². The van der Waals surface area contributed by atoms with Crippen LogP contribution in [0.15, 0.2) is 48.7 Å². The molecule has 1 aliphatic heterocycles. The molecule has 1 saturated carbocycles. The van der Waals surface area contributed by atoms with Gasteiger partial charge in [0.05, 0.1) is 19.2 Å². The summed E-state index contributed by atoms with van der Waals surface area (Å²) in [5.74, 6) is 0.0208. The maximum absolute atomic E-state index is 15.2. The van der Waals surface area contributed by atoms with E-state index in [1.165, 1.54) is 13.3 Å². The average molecular weight is 589 g/mol. The number of ether oxygens (including phenoxy) is 2. The van der Waals surface area contributed by atoms with Crippen LogP contribution < -0.4 is 9.47 Å². The third-order valence-corrected chi connectivity index (χ3v) is 9.14. The molecular weight excluding hydrogens is 543 g/mol. The highest BCUT2D eigenvalue weighted by molar-refractivity contribution is 5.71. The number of hydrogen-bond acceptors (Lipinski definition) is 5. The van der Waals surface area contributed by atoms with Gasteiger partial charge in [-0.25, -0.2) is 9.37 Å². The molecule has 0 bridgehead atoms. The number of carboxylic acids is 1. The molecule has 5 rings (SSSR count). The third-order valence-electron chi connectivity index (χ3n) is 9.14. The maximum atomic E-state index is 15.2. The van der Waals surface area contributed by atoms with Crippen molar-refractivity contribution in [2.24, 2.45) is 11.8 Å². The second kappa shape index (κ2) is 12.3. The Labute approximate surface area is 255 Å². The van der Waals surface area contributed by atoms with Crippen LogP contribution in [-0.4, -0.2) is 39.7 Å². The van der Waals surface area contributed by atoms with Crippen molar-refractivity contribution in [1.82, 2.24) is 9.88 Å². The molecule has 3 atom stereocenters. The van der Waals surface area contributed by atoms with Gasteiger partial charge in [0.25, 0.3) is 0 Å². The number of carbonyl (C=O) groups is 1. The molecule has 0 saturated heterocycles. The summed E-state index contributed by atoms with van der Waals surface area (Å²) in [6.07, 6.45) is 4.90. The van der Waals surface area contributed by atoms with Crippen LogP contribution in [0.25, 0.3) is 11.1 Å². The molecule has 3 aromatic rings. The van der Waals surface area contributed by atoms with Gasteiger partial charge in [0.1, 0.15) is 17.7 Å². The van der Waals surface area contributed by atoms with E-state index in [0.717, 1.165) is 59.3 Å². The minimum absolute atomic E-state index is 0.00988. The fourth-order valence-electron chi connectivity index (χ4n) is 6.73. The van der Waals surface area contributed by atoms with Crippen LogP contribution in [0, 0.1) is 17.7 Å². The van der Waals surface area contributed by atoms with Gasteiger partial charge < -0.3 is 14.6 Å². The molecule has 1 unspecified atom stereocenters. The van der Waals surface area contributed by atoms with E-state index < -0.39 is 17.7 Å². The van der Waals surface area contributed by atoms with E-state index in [2.05, 4.69) is 68.8 Å². The Balaban J connectivity index is 1.51. The quantitative estimate of drug-likeness (QED) is 0.258. The zero-order valence-corrected chi connectivity index (χ0v) is 26.5. The Morgan fingerprint density at radius 3 is 2.47 bits per heavy atom. The van der Waals surface area contributed by atoms with Crippen molar-refractivity contribution >= 4 is 5.97 Å². The van der Waals surface area contributed by atoms with Gasteiger partial charge in [-0.2, -0.15) is 0 Å². The molecule has 0 spiro atoms. The van der Waals surface area contributed by atoms with Gasteiger partial charge >= 0.3 is 5.97 Å². The minimum Gasteiger partial charge on any atom is -0.485 e. The Morgan fingerprint density at radius 2 is 1.84 bits per heavy atom. The standard InChI is InChI=1S/C36H45FN2O4/c1-21(2)39(36(4,5)6)20-27-16-25(12-14-28(27)29-18-33(42-7)38-19-30(29)37)31-15-13-23-8-11-26(17-32(23)43-31)34(24-9-10-24)22(3)35(40)41/h8,11-12,14,16-19,21-22,24,31,34H,9-10,13,15,20H2,1-7H3,(H,40,41)/t22-,31?,34-/m0/s1. The first-order chi connectivity index (χ1) is 20.4. The number of pyridine rings is 1. The number of rotatable bonds is 10. The number of halogens is 1. The third kappa shape index (κ3) is 6.72. The second-order valence-electron chi connectivity index (χ2n) is 13.5. The van der Waals surface area contributed by atoms with Gasteiger partial charge in [0, 0.05) is 29.8 Å². The summed E-state index contributed by atoms with van der Waals surface area (Å²) in [5, 5.41) is 9.77. The van der Waals surface area contributed by atoms with E-state index in [0.29, 0.717) is 23.9 Å². The number of benzene rings is 2. The Hall–Kier alpha value is -3.45. The molecule has 1 N–H and O–H groups in total. The minimum atomic E-state index is -0.755. The first-order valence-electron chi connectivity index (χ1n) is 15.5. The maximum Gasteiger partial charge on any atom is 0.306 e. The van der Waals surface area contributed by atoms with Crippen LogP contribution in [0.3, 0.4) is 0 Å². The van der Waals surface area contributed by atoms with Gasteiger partial charge in [-0.15, -0.1) is 0 Å². The normalized spacial score (nSPS) is 18.2. The van der Waals surface area contributed by atoms with E-state index in [1.807, 2.05) is 19.1 Å². The van der Waals surface area contributed by atoms with Crippen molar-refractivity contribution in [3.8, 4) is 22.8 Å². The number of methoxy groups -OCH3 is 1. The molecule has 2 aliphatic rings. The first kappa shape index (κ1) is 31.0. The second-order valence-corrected chi connectivity index (χ2v) is 13.5. The summed E-state index contributed by atoms with van der Waals surface area (Å²) in [6.45, 7) is 13.4. The van der Waals surface area contributed by atoms with Crippen LogP contribution in [0.4, 0.5) is 4.39 Å². The Kier molecular flexibility index (Phi) is 8.85. The first-order valence-corrected chi connectivity index (χ1v) is 15.5. The summed E-state index contributed by atoms with van der Waals surface area (Å²) in [5.41, 5.74) is 5.44. The van der Waals surface area contributed by atoms with Crippen LogP contribution in [0.5, 0.6) is 11.6 Å². The number of fused-ring (bicyclic) bond motifs is 1. The van der Waals surface area contributed by atoms with E-state index in [-0.39, 0.29) is 23.6 Å². The number of aryl methyl sites for hydroxylation is 1. The zero-order valence-electron chi connectivity index (χ0n) is 26.5. The highest BCUT2D eigenvalue weighted by atomic mass is 19.1. The molecule has 7 heteroatoms. The molecule has 0 radical (unpaired) electrons. The van der Waals surface area contributed by atoms with Crippen LogP contribution in [-0.2, 0) is 17.8 Å². The van der Waals surface area contributed by atoms with Crippen molar-refractivity contribution in [2.75, 3.05) is 7.11 Å². The van der Waals surface area contributed by atoms with Crippen molar-refractivity contribution in [3.05, 3.63) is 76.7 Å². The van der Waals surface area contributed by atoms with Crippen molar-refractivity contribution in [3.63, 3.8) is 0 Å². The molecule has 43 heavy (non-hydrogen) atoms. The molecular formula is C36H45FN2O4. The molecule has 0 amide bonds. The predicted molar refractivity (Wildman–Crippen MR) is 167 cm³/mol. The number of aromatic nitrogens is 1. The molecule has 1 fully saturated rings. The summed E-state index contributed by atoms with van der Waals surface area (Å²) >= 11 is 0. The van der Waals surface area contributed by atoms with Gasteiger partial charge in [-0.3, -0.25) is 9.69 Å². The Bertz CT molecular complexity index is 1480. The number of carboxylic acid groups (broad SMARTS) is 1. The summed E-state index contributed by atoms with van der Waals surface area (Å²) in [7, 11) is 1.53. The largest absolute Gasteiger partial charge is 0.485 e. The van der Waals surface area contributed by atoms with Crippen molar-refractivity contribution in [2.45, 2.75) is 97.4 Å². The highest BCUT2D eigenvalue weighted by Crippen LogP contribution is 2.48. The lowest BCUT2D eigenvalue weighted by Gasteiger charge is -2.39. The number of hydrogen-bond donors (Lipinski definition) is 1. The van der Waals surface area contributed by atoms with Gasteiger partial charge in [0.15, 0.2) is 0 Å². The van der Waals surface area contributed by atoms with Crippen LogP contribution in [0.1, 0.15) is 95.1 Å². The Morgan fingerprint density at radius 1 is 1.09 bits per heavy atom. The lowest BCUT2D eigenvalue weighted by Crippen LogP contribution is -2.45. The molecule has 230 valence electrons. The number of aliphatic carboxylic acids is 1. The fourth-order valence-corrected chi connectivity index (χ4v) is 6.73. The summed E-state index contributed by atoms with van der Waals surface area (Å²) in [6, 6.07) is 14.4. The smallest absolute Gasteiger partial charge is 0.306 e. The van der Waals surface area contributed by atoms with E-state index in [1.54, 1.807) is 6.07 Å². The monoisotopic (exact) mass is 588 g/mol. The van der Waals surface area contributed by atoms with E-state index in [9.17, 15) is 9.90 Å². The van der Waals surface area contributed by atoms with Crippen LogP contribution >= 0.6 is 0 Å². The lowest BCUT2D eigenvalue weighted by molar-refractivity contribution is -0.142. The molecule has 1 aliphatic carbocycles. The molecule has 2 heterocycles. The van der Waals surface area contributed by atoms with E-state index >= 15 is 4.39 Å². The van der Waals surface area contributed by atoms with Gasteiger partial charge in [-0.05, 0) is 106 Å².